The van der Waals surface area contributed by atoms with Crippen LogP contribution in [0.15, 0.2) is 203 Å². The van der Waals surface area contributed by atoms with Gasteiger partial charge in [-0.3, -0.25) is 0 Å². The molecular formula is C58H32O2. The Kier molecular flexibility index (Phi) is 6.32. The van der Waals surface area contributed by atoms with Crippen molar-refractivity contribution in [2.75, 3.05) is 0 Å². The van der Waals surface area contributed by atoms with Crippen molar-refractivity contribution in [1.29, 1.82) is 0 Å². The molecule has 0 atom stereocenters. The number of hydrogen-bond donors (Lipinski definition) is 0. The number of rotatable bonds is 2. The number of fused-ring (bicyclic) bond motifs is 18. The Morgan fingerprint density at radius 2 is 0.733 bits per heavy atom. The van der Waals surface area contributed by atoms with Gasteiger partial charge in [0.05, 0.1) is 0 Å². The van der Waals surface area contributed by atoms with Gasteiger partial charge < -0.3 is 8.83 Å². The summed E-state index contributed by atoms with van der Waals surface area (Å²) >= 11 is 0. The molecule has 0 N–H and O–H groups in total. The van der Waals surface area contributed by atoms with Crippen LogP contribution in [0.4, 0.5) is 0 Å². The van der Waals surface area contributed by atoms with E-state index in [0.717, 1.165) is 55.0 Å². The van der Waals surface area contributed by atoms with Crippen molar-refractivity contribution in [2.45, 2.75) is 0 Å². The minimum absolute atomic E-state index is 0.777. The lowest BCUT2D eigenvalue weighted by atomic mass is 9.87. The van der Waals surface area contributed by atoms with E-state index in [0.29, 0.717) is 0 Å². The van der Waals surface area contributed by atoms with Crippen LogP contribution in [0.1, 0.15) is 0 Å². The lowest BCUT2D eigenvalue weighted by Crippen LogP contribution is -1.89. The van der Waals surface area contributed by atoms with Crippen molar-refractivity contribution < 1.29 is 8.83 Å². The summed E-state index contributed by atoms with van der Waals surface area (Å²) in [7, 11) is 0. The van der Waals surface area contributed by atoms with Gasteiger partial charge >= 0.3 is 0 Å². The second kappa shape index (κ2) is 11.8. The normalized spacial score (nSPS) is 12.3. The number of hydrogen-bond acceptors (Lipinski definition) is 2. The highest BCUT2D eigenvalue weighted by molar-refractivity contribution is 6.28. The van der Waals surface area contributed by atoms with Gasteiger partial charge in [-0.2, -0.15) is 0 Å². The van der Waals surface area contributed by atoms with E-state index in [4.69, 9.17) is 8.83 Å². The summed E-state index contributed by atoms with van der Waals surface area (Å²) in [5.41, 5.74) is 8.03. The first-order valence-electron chi connectivity index (χ1n) is 20.6. The van der Waals surface area contributed by atoms with Crippen LogP contribution >= 0.6 is 0 Å². The Morgan fingerprint density at radius 3 is 1.42 bits per heavy atom. The fourth-order valence-corrected chi connectivity index (χ4v) is 10.4. The third-order valence-electron chi connectivity index (χ3n) is 13.2. The monoisotopic (exact) mass is 760 g/mol. The zero-order valence-corrected chi connectivity index (χ0v) is 32.3. The molecule has 12 aromatic carbocycles. The topological polar surface area (TPSA) is 26.3 Å². The second-order valence-electron chi connectivity index (χ2n) is 16.3. The van der Waals surface area contributed by atoms with E-state index >= 15 is 0 Å². The van der Waals surface area contributed by atoms with E-state index in [1.807, 2.05) is 0 Å². The van der Waals surface area contributed by atoms with Gasteiger partial charge in [0, 0.05) is 21.5 Å². The van der Waals surface area contributed by atoms with Crippen LogP contribution < -0.4 is 0 Å². The Hall–Kier alpha value is -7.94. The van der Waals surface area contributed by atoms with Gasteiger partial charge in [0.15, 0.2) is 11.2 Å². The minimum atomic E-state index is 0.777. The van der Waals surface area contributed by atoms with Crippen LogP contribution in [0.25, 0.3) is 142 Å². The van der Waals surface area contributed by atoms with E-state index in [2.05, 4.69) is 194 Å². The zero-order valence-electron chi connectivity index (χ0n) is 32.3. The zero-order chi connectivity index (χ0) is 39.1. The molecule has 2 heterocycles. The molecule has 0 unspecified atom stereocenters. The van der Waals surface area contributed by atoms with Crippen molar-refractivity contribution in [3.05, 3.63) is 194 Å². The quantitative estimate of drug-likeness (QED) is 0.130. The summed E-state index contributed by atoms with van der Waals surface area (Å²) in [5.74, 6) is 0. The first-order valence-corrected chi connectivity index (χ1v) is 20.6. The molecule has 14 aromatic rings. The van der Waals surface area contributed by atoms with Crippen LogP contribution in [0.3, 0.4) is 0 Å². The van der Waals surface area contributed by atoms with Gasteiger partial charge in [-0.15, -0.1) is 0 Å². The maximum atomic E-state index is 6.76. The molecule has 0 spiro atoms. The molecule has 2 aromatic heterocycles. The average Bonchev–Trinajstić information content (AvgIpc) is 3.88. The largest absolute Gasteiger partial charge is 0.452 e. The summed E-state index contributed by atoms with van der Waals surface area (Å²) in [6.07, 6.45) is 0. The van der Waals surface area contributed by atoms with Gasteiger partial charge in [0.2, 0.25) is 0 Å². The Labute approximate surface area is 343 Å². The molecule has 2 heteroatoms. The summed E-state index contributed by atoms with van der Waals surface area (Å²) < 4.78 is 13.5. The smallest absolute Gasteiger partial charge is 0.178 e. The summed E-state index contributed by atoms with van der Waals surface area (Å²) in [5, 5.41) is 21.8. The Bertz CT molecular complexity index is 4180. The lowest BCUT2D eigenvalue weighted by molar-refractivity contribution is 0.633. The molecule has 0 saturated carbocycles. The fraction of sp³-hybridized carbons (Fsp3) is 0. The molecule has 0 amide bonds. The first kappa shape index (κ1) is 32.1. The van der Waals surface area contributed by atoms with Crippen LogP contribution in [0.5, 0.6) is 0 Å². The minimum Gasteiger partial charge on any atom is -0.452 e. The van der Waals surface area contributed by atoms with E-state index in [9.17, 15) is 0 Å². The maximum absolute atomic E-state index is 6.76. The predicted octanol–water partition coefficient (Wildman–Crippen LogP) is 16.9. The Morgan fingerprint density at radius 1 is 0.250 bits per heavy atom. The number of benzene rings is 12. The van der Waals surface area contributed by atoms with Gasteiger partial charge in [-0.1, -0.05) is 146 Å². The fourth-order valence-electron chi connectivity index (χ4n) is 10.4. The van der Waals surface area contributed by atoms with Gasteiger partial charge in [0.25, 0.3) is 0 Å². The van der Waals surface area contributed by atoms with Gasteiger partial charge in [0.1, 0.15) is 11.2 Å². The van der Waals surface area contributed by atoms with E-state index in [1.165, 1.54) is 86.5 Å². The molecule has 2 nitrogen and oxygen atoms in total. The maximum Gasteiger partial charge on any atom is 0.178 e. The van der Waals surface area contributed by atoms with Crippen molar-refractivity contribution >= 4 is 119 Å². The van der Waals surface area contributed by atoms with Crippen molar-refractivity contribution in [1.82, 2.24) is 0 Å². The first-order chi connectivity index (χ1) is 29.7. The molecule has 276 valence electrons. The summed E-state index contributed by atoms with van der Waals surface area (Å²) in [6, 6.07) is 71.0. The second-order valence-corrected chi connectivity index (χ2v) is 16.3. The van der Waals surface area contributed by atoms with Crippen LogP contribution in [-0.2, 0) is 0 Å². The molecule has 0 radical (unpaired) electrons. The molecule has 0 saturated heterocycles. The highest BCUT2D eigenvalue weighted by Gasteiger charge is 2.20. The Balaban J connectivity index is 0.998. The molecule has 0 aliphatic rings. The van der Waals surface area contributed by atoms with Crippen LogP contribution in [0, 0.1) is 0 Å². The number of furan rings is 2. The SMILES string of the molecule is c1ccc2c(c1)ccc1c(-c3ccc4oc5c(ccc6c7cc(-c8cc9ccccc9c9ccc%10ccccc%10c89)ccc7oc65)c4c3)c3c(ccc4ccccc43)cc12. The standard InChI is InChI=1S/C58H32O2/c1-5-13-40-33(9-1)19-24-45-49(40)31-38-18-17-34-10-2-7-15-42(34)54(38)55(45)39-22-28-53-51(32-39)47-26-25-46-50-30-37(21-27-52(50)59-57(46)58(47)60-53)48-29-36-12-4-6-14-41(36)44-23-20-35-11-3-8-16-43(35)56(44)48/h1-32H. The molecule has 0 fully saturated rings. The summed E-state index contributed by atoms with van der Waals surface area (Å²) in [4.78, 5) is 0. The van der Waals surface area contributed by atoms with Crippen molar-refractivity contribution in [2.24, 2.45) is 0 Å². The third-order valence-corrected chi connectivity index (χ3v) is 13.2. The van der Waals surface area contributed by atoms with E-state index in [1.54, 1.807) is 0 Å². The highest BCUT2D eigenvalue weighted by atomic mass is 16.4. The van der Waals surface area contributed by atoms with Crippen molar-refractivity contribution in [3.8, 4) is 22.3 Å². The van der Waals surface area contributed by atoms with Gasteiger partial charge in [-0.25, -0.2) is 0 Å². The predicted molar refractivity (Wildman–Crippen MR) is 254 cm³/mol. The summed E-state index contributed by atoms with van der Waals surface area (Å²) in [6.45, 7) is 0. The van der Waals surface area contributed by atoms with Gasteiger partial charge in [-0.05, 0) is 146 Å². The van der Waals surface area contributed by atoms with E-state index in [-0.39, 0.29) is 0 Å². The molecule has 60 heavy (non-hydrogen) atoms. The molecule has 14 rings (SSSR count). The lowest BCUT2D eigenvalue weighted by Gasteiger charge is -2.16. The van der Waals surface area contributed by atoms with E-state index < -0.39 is 0 Å². The molecule has 0 aliphatic heterocycles. The highest BCUT2D eigenvalue weighted by Crippen LogP contribution is 2.46. The average molecular weight is 761 g/mol. The van der Waals surface area contributed by atoms with Crippen molar-refractivity contribution in [3.63, 3.8) is 0 Å². The van der Waals surface area contributed by atoms with Crippen LogP contribution in [-0.4, -0.2) is 0 Å². The molecular weight excluding hydrogens is 729 g/mol. The van der Waals surface area contributed by atoms with Crippen LogP contribution in [0.2, 0.25) is 0 Å². The molecule has 0 bridgehead atoms. The molecule has 0 aliphatic carbocycles. The third kappa shape index (κ3) is 4.37.